The topological polar surface area (TPSA) is 107 Å². The maximum atomic E-state index is 14.7. The average Bonchev–Trinajstić information content (AvgIpc) is 3.14. The standard InChI is InChI=1S/C25H24FN3O4/c1-10(2)25(32)15-6-19-22-13(8-29(19)23(30)14(15)9-33-24(25)31)20-17(27)5-4-12-11(3)16(26)7-18(28-22)21(12)20/h6-7,10,17,32H,4-5,8-9,27H2,1-3H3/t17-,25-/m0/s1. The minimum atomic E-state index is -1.93. The molecule has 2 aliphatic heterocycles. The third-order valence-electron chi connectivity index (χ3n) is 7.69. The Kier molecular flexibility index (Phi) is 4.03. The number of nitrogens with zero attached hydrogens (tertiary/aromatic N) is 2. The summed E-state index contributed by atoms with van der Waals surface area (Å²) in [6, 6.07) is 2.85. The number of fused-ring (bicyclic) bond motifs is 5. The Labute approximate surface area is 189 Å². The zero-order valence-corrected chi connectivity index (χ0v) is 18.7. The first-order chi connectivity index (χ1) is 15.6. The molecule has 4 heterocycles. The number of halogens is 1. The highest BCUT2D eigenvalue weighted by Gasteiger charge is 2.49. The molecule has 1 aromatic carbocycles. The first kappa shape index (κ1) is 20.5. The third-order valence-corrected chi connectivity index (χ3v) is 7.69. The van der Waals surface area contributed by atoms with Crippen LogP contribution in [0.5, 0.6) is 0 Å². The second-order valence-corrected chi connectivity index (χ2v) is 9.66. The molecular weight excluding hydrogens is 425 g/mol. The number of nitrogens with two attached hydrogens (primary N) is 1. The van der Waals surface area contributed by atoms with Gasteiger partial charge in [0.05, 0.1) is 29.0 Å². The van der Waals surface area contributed by atoms with Crippen LogP contribution in [0, 0.1) is 18.7 Å². The number of hydrogen-bond acceptors (Lipinski definition) is 6. The van der Waals surface area contributed by atoms with Crippen LogP contribution < -0.4 is 11.3 Å². The van der Waals surface area contributed by atoms with Crippen molar-refractivity contribution in [1.29, 1.82) is 0 Å². The van der Waals surface area contributed by atoms with E-state index < -0.39 is 17.5 Å². The van der Waals surface area contributed by atoms with Gasteiger partial charge >= 0.3 is 5.97 Å². The molecule has 7 nitrogen and oxygen atoms in total. The summed E-state index contributed by atoms with van der Waals surface area (Å²) >= 11 is 0. The van der Waals surface area contributed by atoms with E-state index in [0.717, 1.165) is 22.1 Å². The van der Waals surface area contributed by atoms with Crippen LogP contribution in [0.2, 0.25) is 0 Å². The summed E-state index contributed by atoms with van der Waals surface area (Å²) in [6.07, 6.45) is 1.36. The van der Waals surface area contributed by atoms with Crippen molar-refractivity contribution in [3.63, 3.8) is 0 Å². The van der Waals surface area contributed by atoms with Crippen molar-refractivity contribution >= 4 is 16.9 Å². The number of cyclic esters (lactones) is 1. The maximum absolute atomic E-state index is 14.7. The molecule has 0 unspecified atom stereocenters. The fourth-order valence-electron chi connectivity index (χ4n) is 5.76. The minimum Gasteiger partial charge on any atom is -0.458 e. The number of aromatic nitrogens is 2. The van der Waals surface area contributed by atoms with E-state index in [1.54, 1.807) is 31.4 Å². The van der Waals surface area contributed by atoms with Crippen LogP contribution in [0.1, 0.15) is 59.7 Å². The van der Waals surface area contributed by atoms with Gasteiger partial charge in [0.1, 0.15) is 12.4 Å². The molecule has 0 radical (unpaired) electrons. The van der Waals surface area contributed by atoms with Gasteiger partial charge < -0.3 is 20.1 Å². The number of hydrogen-bond donors (Lipinski definition) is 2. The van der Waals surface area contributed by atoms with E-state index >= 15 is 0 Å². The smallest absolute Gasteiger partial charge is 0.343 e. The van der Waals surface area contributed by atoms with Crippen LogP contribution in [0.3, 0.4) is 0 Å². The minimum absolute atomic E-state index is 0.186. The van der Waals surface area contributed by atoms with E-state index in [4.69, 9.17) is 15.5 Å². The Bertz CT molecular complexity index is 1480. The normalized spacial score (nSPS) is 22.9. The highest BCUT2D eigenvalue weighted by atomic mass is 19.1. The average molecular weight is 449 g/mol. The lowest BCUT2D eigenvalue weighted by Crippen LogP contribution is -2.48. The number of benzene rings is 1. The molecule has 33 heavy (non-hydrogen) atoms. The molecule has 0 bridgehead atoms. The number of carbonyl (C=O) groups excluding carboxylic acids is 1. The first-order valence-corrected chi connectivity index (χ1v) is 11.2. The van der Waals surface area contributed by atoms with Gasteiger partial charge in [-0.3, -0.25) is 4.79 Å². The molecule has 3 aromatic rings. The van der Waals surface area contributed by atoms with Gasteiger partial charge in [0, 0.05) is 28.6 Å². The van der Waals surface area contributed by atoms with Gasteiger partial charge in [0.25, 0.3) is 5.56 Å². The van der Waals surface area contributed by atoms with Gasteiger partial charge in [-0.25, -0.2) is 14.2 Å². The summed E-state index contributed by atoms with van der Waals surface area (Å²) < 4.78 is 21.5. The van der Waals surface area contributed by atoms with E-state index in [-0.39, 0.29) is 41.7 Å². The molecule has 0 spiro atoms. The van der Waals surface area contributed by atoms with Crippen molar-refractivity contribution < 1.29 is 19.0 Å². The summed E-state index contributed by atoms with van der Waals surface area (Å²) in [4.78, 5) is 30.8. The van der Waals surface area contributed by atoms with Crippen molar-refractivity contribution in [2.24, 2.45) is 11.7 Å². The van der Waals surface area contributed by atoms with Crippen molar-refractivity contribution in [2.45, 2.75) is 58.4 Å². The lowest BCUT2D eigenvalue weighted by atomic mass is 9.79. The van der Waals surface area contributed by atoms with Crippen LogP contribution in [0.15, 0.2) is 16.9 Å². The molecule has 0 amide bonds. The molecule has 2 aromatic heterocycles. The van der Waals surface area contributed by atoms with E-state index in [9.17, 15) is 19.1 Å². The number of ether oxygens (including phenoxy) is 1. The van der Waals surface area contributed by atoms with Gasteiger partial charge in [-0.1, -0.05) is 13.8 Å². The van der Waals surface area contributed by atoms with Gasteiger partial charge in [-0.15, -0.1) is 0 Å². The van der Waals surface area contributed by atoms with Crippen molar-refractivity contribution in [2.75, 3.05) is 0 Å². The van der Waals surface area contributed by atoms with Crippen molar-refractivity contribution in [3.8, 4) is 11.4 Å². The van der Waals surface area contributed by atoms with Crippen LogP contribution in [0.4, 0.5) is 4.39 Å². The molecule has 1 aliphatic carbocycles. The predicted molar refractivity (Wildman–Crippen MR) is 119 cm³/mol. The van der Waals surface area contributed by atoms with E-state index in [2.05, 4.69) is 0 Å². The van der Waals surface area contributed by atoms with Gasteiger partial charge in [0.2, 0.25) is 0 Å². The largest absolute Gasteiger partial charge is 0.458 e. The van der Waals surface area contributed by atoms with Gasteiger partial charge in [-0.05, 0) is 48.4 Å². The van der Waals surface area contributed by atoms with Crippen LogP contribution in [0.25, 0.3) is 22.3 Å². The van der Waals surface area contributed by atoms with Crippen LogP contribution >= 0.6 is 0 Å². The van der Waals surface area contributed by atoms with Crippen LogP contribution in [-0.2, 0) is 34.7 Å². The predicted octanol–water partition coefficient (Wildman–Crippen LogP) is 2.72. The van der Waals surface area contributed by atoms with Crippen molar-refractivity contribution in [1.82, 2.24) is 9.55 Å². The number of esters is 1. The fraction of sp³-hybridized carbons (Fsp3) is 0.400. The zero-order chi connectivity index (χ0) is 23.4. The molecular formula is C25H24FN3O4. The lowest BCUT2D eigenvalue weighted by molar-refractivity contribution is -0.177. The monoisotopic (exact) mass is 449 g/mol. The molecule has 0 fully saturated rings. The molecule has 3 N–H and O–H groups in total. The highest BCUT2D eigenvalue weighted by Crippen LogP contribution is 2.45. The molecule has 2 atom stereocenters. The number of aliphatic hydroxyl groups is 1. The van der Waals surface area contributed by atoms with Crippen molar-refractivity contribution in [3.05, 3.63) is 61.7 Å². The summed E-state index contributed by atoms with van der Waals surface area (Å²) in [5, 5.41) is 12.2. The molecule has 8 heteroatoms. The lowest BCUT2D eigenvalue weighted by Gasteiger charge is -2.35. The fourth-order valence-corrected chi connectivity index (χ4v) is 5.76. The quantitative estimate of drug-likeness (QED) is 0.433. The SMILES string of the molecule is Cc1c(F)cc2nc3c(c4c2c1CC[C@@H]4N)Cn1c-3cc2c(c1=O)COC(=O)[C@]2(O)C(C)C. The Hall–Kier alpha value is -3.10. The van der Waals surface area contributed by atoms with Gasteiger partial charge in [0.15, 0.2) is 5.60 Å². The Morgan fingerprint density at radius 2 is 2.03 bits per heavy atom. The second kappa shape index (κ2) is 6.48. The molecule has 3 aliphatic rings. The molecule has 0 saturated carbocycles. The first-order valence-electron chi connectivity index (χ1n) is 11.2. The van der Waals surface area contributed by atoms with E-state index in [1.165, 1.54) is 6.07 Å². The second-order valence-electron chi connectivity index (χ2n) is 9.66. The molecule has 170 valence electrons. The zero-order valence-electron chi connectivity index (χ0n) is 18.7. The number of carbonyl (C=O) groups is 1. The van der Waals surface area contributed by atoms with Gasteiger partial charge in [-0.2, -0.15) is 0 Å². The molecule has 6 rings (SSSR count). The van der Waals surface area contributed by atoms with E-state index in [1.807, 2.05) is 0 Å². The number of pyridine rings is 2. The summed E-state index contributed by atoms with van der Waals surface area (Å²) in [7, 11) is 0. The molecule has 0 saturated heterocycles. The number of rotatable bonds is 1. The summed E-state index contributed by atoms with van der Waals surface area (Å²) in [6.45, 7) is 5.28. The Morgan fingerprint density at radius 1 is 1.27 bits per heavy atom. The van der Waals surface area contributed by atoms with E-state index in [0.29, 0.717) is 35.3 Å². The van der Waals surface area contributed by atoms with Crippen LogP contribution in [-0.4, -0.2) is 20.6 Å². The Morgan fingerprint density at radius 3 is 2.76 bits per heavy atom. The highest BCUT2D eigenvalue weighted by molar-refractivity contribution is 5.93. The summed E-state index contributed by atoms with van der Waals surface area (Å²) in [5.74, 6) is -1.59. The third kappa shape index (κ3) is 2.42. The maximum Gasteiger partial charge on any atom is 0.343 e. The number of aryl methyl sites for hydroxylation is 1. The summed E-state index contributed by atoms with van der Waals surface area (Å²) in [5.41, 5.74) is 9.68. The Balaban J connectivity index is 1.70.